The fraction of sp³-hybridized carbons (Fsp3) is 0.385. The molecule has 0 bridgehead atoms. The third kappa shape index (κ3) is 3.31. The van der Waals surface area contributed by atoms with E-state index < -0.39 is 12.1 Å². The van der Waals surface area contributed by atoms with Crippen LogP contribution in [0.1, 0.15) is 30.6 Å². The maximum absolute atomic E-state index is 11.7. The Morgan fingerprint density at radius 1 is 1.29 bits per heavy atom. The molecule has 0 heterocycles. The number of ketones is 1. The Hall–Kier alpha value is -1.84. The molecule has 1 aromatic rings. The average Bonchev–Trinajstić information content (AvgIpc) is 2.37. The van der Waals surface area contributed by atoms with Crippen molar-refractivity contribution in [2.45, 2.75) is 26.4 Å². The second-order valence-corrected chi connectivity index (χ2v) is 3.56. The van der Waals surface area contributed by atoms with Gasteiger partial charge in [0.25, 0.3) is 0 Å². The van der Waals surface area contributed by atoms with Crippen LogP contribution < -0.4 is 4.74 Å². The van der Waals surface area contributed by atoms with E-state index in [9.17, 15) is 9.59 Å². The van der Waals surface area contributed by atoms with Gasteiger partial charge in [0.05, 0.1) is 12.7 Å². The Morgan fingerprint density at radius 2 is 1.94 bits per heavy atom. The van der Waals surface area contributed by atoms with Gasteiger partial charge in [0.15, 0.2) is 11.9 Å². The molecule has 1 rings (SSSR count). The van der Waals surface area contributed by atoms with Gasteiger partial charge in [-0.2, -0.15) is 0 Å². The van der Waals surface area contributed by atoms with Crippen LogP contribution in [-0.2, 0) is 9.53 Å². The third-order valence-corrected chi connectivity index (χ3v) is 2.35. The van der Waals surface area contributed by atoms with Crippen molar-refractivity contribution in [3.63, 3.8) is 0 Å². The van der Waals surface area contributed by atoms with Crippen LogP contribution in [0.5, 0.6) is 5.75 Å². The molecule has 0 aromatic heterocycles. The quantitative estimate of drug-likeness (QED) is 0.581. The molecule has 0 radical (unpaired) electrons. The molecular formula is C13H16O4. The fourth-order valence-corrected chi connectivity index (χ4v) is 1.39. The van der Waals surface area contributed by atoms with Gasteiger partial charge in [0, 0.05) is 6.42 Å². The van der Waals surface area contributed by atoms with E-state index in [1.54, 1.807) is 38.1 Å². The van der Waals surface area contributed by atoms with E-state index in [4.69, 9.17) is 4.74 Å². The number of esters is 1. The predicted molar refractivity (Wildman–Crippen MR) is 63.2 cm³/mol. The first-order valence-electron chi connectivity index (χ1n) is 5.46. The highest BCUT2D eigenvalue weighted by Crippen LogP contribution is 2.21. The Morgan fingerprint density at radius 3 is 2.53 bits per heavy atom. The minimum Gasteiger partial charge on any atom is -0.478 e. The van der Waals surface area contributed by atoms with Gasteiger partial charge in [0.2, 0.25) is 0 Å². The highest BCUT2D eigenvalue weighted by atomic mass is 16.6. The van der Waals surface area contributed by atoms with E-state index in [-0.39, 0.29) is 5.78 Å². The van der Waals surface area contributed by atoms with Crippen molar-refractivity contribution in [1.29, 1.82) is 0 Å². The molecule has 0 aliphatic carbocycles. The van der Waals surface area contributed by atoms with E-state index in [1.165, 1.54) is 7.11 Å². The molecule has 1 atom stereocenters. The van der Waals surface area contributed by atoms with Crippen LogP contribution in [0.25, 0.3) is 0 Å². The monoisotopic (exact) mass is 236 g/mol. The minimum atomic E-state index is -0.731. The molecule has 0 N–H and O–H groups in total. The Labute approximate surface area is 101 Å². The van der Waals surface area contributed by atoms with Crippen LogP contribution in [0.15, 0.2) is 24.3 Å². The number of carbonyl (C=O) groups excluding carboxylic acids is 2. The van der Waals surface area contributed by atoms with Gasteiger partial charge in [-0.05, 0) is 19.1 Å². The van der Waals surface area contributed by atoms with Gasteiger partial charge in [0.1, 0.15) is 5.75 Å². The maximum atomic E-state index is 11.7. The van der Waals surface area contributed by atoms with Crippen molar-refractivity contribution < 1.29 is 19.1 Å². The molecule has 4 nitrogen and oxygen atoms in total. The van der Waals surface area contributed by atoms with Gasteiger partial charge in [-0.3, -0.25) is 4.79 Å². The second-order valence-electron chi connectivity index (χ2n) is 3.56. The summed E-state index contributed by atoms with van der Waals surface area (Å²) < 4.78 is 9.99. The number of benzene rings is 1. The number of para-hydroxylation sites is 1. The van der Waals surface area contributed by atoms with Gasteiger partial charge < -0.3 is 9.47 Å². The lowest BCUT2D eigenvalue weighted by Crippen LogP contribution is -2.25. The number of carbonyl (C=O) groups is 2. The predicted octanol–water partition coefficient (Wildman–Crippen LogP) is 2.22. The number of ether oxygens (including phenoxy) is 2. The summed E-state index contributed by atoms with van der Waals surface area (Å²) in [6, 6.07) is 6.87. The van der Waals surface area contributed by atoms with Crippen LogP contribution in [0.4, 0.5) is 0 Å². The molecule has 0 amide bonds. The van der Waals surface area contributed by atoms with Gasteiger partial charge in [-0.1, -0.05) is 19.1 Å². The molecule has 92 valence electrons. The summed E-state index contributed by atoms with van der Waals surface area (Å²) in [6.07, 6.45) is -0.335. The molecule has 17 heavy (non-hydrogen) atoms. The second kappa shape index (κ2) is 6.03. The third-order valence-electron chi connectivity index (χ3n) is 2.35. The van der Waals surface area contributed by atoms with Gasteiger partial charge >= 0.3 is 5.97 Å². The maximum Gasteiger partial charge on any atom is 0.346 e. The van der Waals surface area contributed by atoms with Crippen molar-refractivity contribution in [3.8, 4) is 5.75 Å². The van der Waals surface area contributed by atoms with E-state index in [0.717, 1.165) is 0 Å². The summed E-state index contributed by atoms with van der Waals surface area (Å²) in [5.41, 5.74) is 0.491. The summed E-state index contributed by atoms with van der Waals surface area (Å²) in [6.45, 7) is 3.36. The number of rotatable bonds is 5. The van der Waals surface area contributed by atoms with Crippen LogP contribution in [0.2, 0.25) is 0 Å². The molecule has 1 aromatic carbocycles. The van der Waals surface area contributed by atoms with Crippen molar-refractivity contribution in [2.24, 2.45) is 0 Å². The van der Waals surface area contributed by atoms with Crippen LogP contribution >= 0.6 is 0 Å². The lowest BCUT2D eigenvalue weighted by molar-refractivity contribution is -0.147. The van der Waals surface area contributed by atoms with E-state index in [1.807, 2.05) is 0 Å². The zero-order chi connectivity index (χ0) is 12.8. The largest absolute Gasteiger partial charge is 0.478 e. The average molecular weight is 236 g/mol. The minimum absolute atomic E-state index is 0.0161. The summed E-state index contributed by atoms with van der Waals surface area (Å²) in [5, 5.41) is 0. The van der Waals surface area contributed by atoms with Crippen LogP contribution in [0, 0.1) is 0 Å². The van der Waals surface area contributed by atoms with Crippen LogP contribution in [0.3, 0.4) is 0 Å². The highest BCUT2D eigenvalue weighted by molar-refractivity contribution is 5.98. The van der Waals surface area contributed by atoms with Crippen molar-refractivity contribution in [2.75, 3.05) is 7.11 Å². The topological polar surface area (TPSA) is 52.6 Å². The molecule has 0 spiro atoms. The number of methoxy groups -OCH3 is 1. The molecule has 0 saturated heterocycles. The molecule has 0 saturated carbocycles. The number of Topliss-reactive ketones (excluding diaryl/α,β-unsaturated/α-hetero) is 1. The molecule has 4 heteroatoms. The smallest absolute Gasteiger partial charge is 0.346 e. The Balaban J connectivity index is 2.91. The summed E-state index contributed by atoms with van der Waals surface area (Å²) in [7, 11) is 1.30. The zero-order valence-electron chi connectivity index (χ0n) is 10.2. The normalized spacial score (nSPS) is 11.7. The summed E-state index contributed by atoms with van der Waals surface area (Å²) in [5.74, 6) is -0.0707. The van der Waals surface area contributed by atoms with E-state index >= 15 is 0 Å². The Bertz CT molecular complexity index is 412. The zero-order valence-corrected chi connectivity index (χ0v) is 10.2. The standard InChI is InChI=1S/C13H16O4/c1-4-11(14)10-7-5-6-8-12(10)17-9(2)13(15)16-3/h5-9H,4H2,1-3H3. The number of hydrogen-bond acceptors (Lipinski definition) is 4. The first-order chi connectivity index (χ1) is 8.10. The molecule has 0 aliphatic rings. The first kappa shape index (κ1) is 13.2. The van der Waals surface area contributed by atoms with Gasteiger partial charge in [-0.25, -0.2) is 4.79 Å². The molecule has 0 fully saturated rings. The lowest BCUT2D eigenvalue weighted by Gasteiger charge is -2.14. The van der Waals surface area contributed by atoms with Crippen molar-refractivity contribution in [3.05, 3.63) is 29.8 Å². The van der Waals surface area contributed by atoms with Gasteiger partial charge in [-0.15, -0.1) is 0 Å². The molecule has 0 aliphatic heterocycles. The summed E-state index contributed by atoms with van der Waals surface area (Å²) in [4.78, 5) is 22.9. The summed E-state index contributed by atoms with van der Waals surface area (Å²) >= 11 is 0. The molecule has 1 unspecified atom stereocenters. The first-order valence-corrected chi connectivity index (χ1v) is 5.46. The highest BCUT2D eigenvalue weighted by Gasteiger charge is 2.18. The van der Waals surface area contributed by atoms with Crippen LogP contribution in [-0.4, -0.2) is 25.0 Å². The number of hydrogen-bond donors (Lipinski definition) is 0. The van der Waals surface area contributed by atoms with E-state index in [0.29, 0.717) is 17.7 Å². The molecular weight excluding hydrogens is 220 g/mol. The van der Waals surface area contributed by atoms with E-state index in [2.05, 4.69) is 4.74 Å². The van der Waals surface area contributed by atoms with Crippen molar-refractivity contribution >= 4 is 11.8 Å². The lowest BCUT2D eigenvalue weighted by atomic mass is 10.1. The Kier molecular flexibility index (Phi) is 4.69. The van der Waals surface area contributed by atoms with Crippen molar-refractivity contribution in [1.82, 2.24) is 0 Å². The SMILES string of the molecule is CCC(=O)c1ccccc1OC(C)C(=O)OC. The fourth-order valence-electron chi connectivity index (χ4n) is 1.39.